The van der Waals surface area contributed by atoms with Crippen molar-refractivity contribution in [2.75, 3.05) is 17.2 Å². The van der Waals surface area contributed by atoms with Crippen LogP contribution in [0.25, 0.3) is 10.2 Å². The van der Waals surface area contributed by atoms with E-state index in [4.69, 9.17) is 5.73 Å². The molecule has 0 atom stereocenters. The average Bonchev–Trinajstić information content (AvgIpc) is 3.03. The maximum Gasteiger partial charge on any atom is 0.223 e. The van der Waals surface area contributed by atoms with Gasteiger partial charge in [-0.1, -0.05) is 26.7 Å². The smallest absolute Gasteiger partial charge is 0.223 e. The Morgan fingerprint density at radius 1 is 1.33 bits per heavy atom. The molecule has 1 aliphatic rings. The Morgan fingerprint density at radius 2 is 2.05 bits per heavy atom. The maximum atomic E-state index is 5.96. The zero-order valence-corrected chi connectivity index (χ0v) is 13.9. The zero-order chi connectivity index (χ0) is 15.0. The standard InChI is InChI=1S/C16H24N4S/c1-10(2)9-20(12-6-4-5-7-12)14-13-8-11(3)21-15(13)19-16(17)18-14/h8,10,12H,4-7,9H2,1-3H3,(H2,17,18,19). The van der Waals surface area contributed by atoms with Gasteiger partial charge in [-0.2, -0.15) is 4.98 Å². The summed E-state index contributed by atoms with van der Waals surface area (Å²) in [6.07, 6.45) is 5.18. The Balaban J connectivity index is 2.08. The molecule has 0 spiro atoms. The molecule has 4 nitrogen and oxygen atoms in total. The summed E-state index contributed by atoms with van der Waals surface area (Å²) in [5.41, 5.74) is 5.96. The molecule has 0 saturated heterocycles. The SMILES string of the molecule is Cc1cc2c(N(CC(C)C)C3CCCC3)nc(N)nc2s1. The van der Waals surface area contributed by atoms with Crippen molar-refractivity contribution in [3.8, 4) is 0 Å². The zero-order valence-electron chi connectivity index (χ0n) is 13.1. The monoisotopic (exact) mass is 304 g/mol. The van der Waals surface area contributed by atoms with Crippen molar-refractivity contribution >= 4 is 33.3 Å². The van der Waals surface area contributed by atoms with Crippen LogP contribution in [0.1, 0.15) is 44.4 Å². The predicted octanol–water partition coefficient (Wildman–Crippen LogP) is 3.99. The molecular weight excluding hydrogens is 280 g/mol. The molecule has 2 aromatic heterocycles. The second-order valence-electron chi connectivity index (χ2n) is 6.47. The van der Waals surface area contributed by atoms with E-state index in [1.807, 2.05) is 0 Å². The lowest BCUT2D eigenvalue weighted by Crippen LogP contribution is -2.37. The molecule has 1 aliphatic carbocycles. The van der Waals surface area contributed by atoms with Crippen molar-refractivity contribution < 1.29 is 0 Å². The molecule has 0 aromatic carbocycles. The van der Waals surface area contributed by atoms with E-state index in [1.54, 1.807) is 11.3 Å². The predicted molar refractivity (Wildman–Crippen MR) is 91.0 cm³/mol. The number of aromatic nitrogens is 2. The molecule has 0 amide bonds. The number of nitrogens with zero attached hydrogens (tertiary/aromatic N) is 3. The molecule has 2 N–H and O–H groups in total. The maximum absolute atomic E-state index is 5.96. The van der Waals surface area contributed by atoms with Crippen LogP contribution >= 0.6 is 11.3 Å². The van der Waals surface area contributed by atoms with E-state index in [1.165, 1.54) is 35.9 Å². The number of hydrogen-bond donors (Lipinski definition) is 1. The van der Waals surface area contributed by atoms with E-state index in [2.05, 4.69) is 41.7 Å². The number of fused-ring (bicyclic) bond motifs is 1. The van der Waals surface area contributed by atoms with E-state index < -0.39 is 0 Å². The summed E-state index contributed by atoms with van der Waals surface area (Å²) in [7, 11) is 0. The van der Waals surface area contributed by atoms with Gasteiger partial charge in [0.25, 0.3) is 0 Å². The van der Waals surface area contributed by atoms with Crippen LogP contribution in [0, 0.1) is 12.8 Å². The summed E-state index contributed by atoms with van der Waals surface area (Å²) in [5, 5.41) is 1.17. The van der Waals surface area contributed by atoms with E-state index >= 15 is 0 Å². The molecule has 0 unspecified atom stereocenters. The summed E-state index contributed by atoms with van der Waals surface area (Å²) >= 11 is 1.70. The summed E-state index contributed by atoms with van der Waals surface area (Å²) in [6.45, 7) is 7.69. The molecular formula is C16H24N4S. The van der Waals surface area contributed by atoms with Gasteiger partial charge < -0.3 is 10.6 Å². The van der Waals surface area contributed by atoms with Crippen LogP contribution in [0.5, 0.6) is 0 Å². The van der Waals surface area contributed by atoms with Crippen LogP contribution in [-0.2, 0) is 0 Å². The summed E-state index contributed by atoms with van der Waals surface area (Å²) < 4.78 is 0. The van der Waals surface area contributed by atoms with Crippen LogP contribution in [0.3, 0.4) is 0 Å². The highest BCUT2D eigenvalue weighted by Gasteiger charge is 2.26. The molecule has 2 heterocycles. The second-order valence-corrected chi connectivity index (χ2v) is 7.70. The van der Waals surface area contributed by atoms with Gasteiger partial charge in [-0.05, 0) is 31.7 Å². The van der Waals surface area contributed by atoms with Crippen LogP contribution in [0.4, 0.5) is 11.8 Å². The number of hydrogen-bond acceptors (Lipinski definition) is 5. The van der Waals surface area contributed by atoms with Crippen molar-refractivity contribution in [2.45, 2.75) is 52.5 Å². The highest BCUT2D eigenvalue weighted by Crippen LogP contribution is 2.35. The van der Waals surface area contributed by atoms with Gasteiger partial charge in [0, 0.05) is 17.5 Å². The average molecular weight is 304 g/mol. The lowest BCUT2D eigenvalue weighted by Gasteiger charge is -2.32. The van der Waals surface area contributed by atoms with Crippen molar-refractivity contribution in [2.24, 2.45) is 5.92 Å². The fourth-order valence-electron chi connectivity index (χ4n) is 3.28. The number of nitrogens with two attached hydrogens (primary N) is 1. The fraction of sp³-hybridized carbons (Fsp3) is 0.625. The van der Waals surface area contributed by atoms with Crippen LogP contribution in [0.2, 0.25) is 0 Å². The highest BCUT2D eigenvalue weighted by atomic mass is 32.1. The first-order valence-electron chi connectivity index (χ1n) is 7.85. The van der Waals surface area contributed by atoms with E-state index in [0.29, 0.717) is 17.9 Å². The topological polar surface area (TPSA) is 55.0 Å². The Kier molecular flexibility index (Phi) is 4.02. The number of nitrogen functional groups attached to an aromatic ring is 1. The Bertz CT molecular complexity index is 628. The Hall–Kier alpha value is -1.36. The van der Waals surface area contributed by atoms with Gasteiger partial charge >= 0.3 is 0 Å². The first kappa shape index (κ1) is 14.6. The first-order valence-corrected chi connectivity index (χ1v) is 8.66. The molecule has 1 fully saturated rings. The van der Waals surface area contributed by atoms with Gasteiger partial charge in [0.1, 0.15) is 10.6 Å². The lowest BCUT2D eigenvalue weighted by molar-refractivity contribution is 0.533. The van der Waals surface area contributed by atoms with Gasteiger partial charge in [-0.15, -0.1) is 11.3 Å². The van der Waals surface area contributed by atoms with Crippen LogP contribution in [-0.4, -0.2) is 22.6 Å². The number of aryl methyl sites for hydroxylation is 1. The Morgan fingerprint density at radius 3 is 2.71 bits per heavy atom. The quantitative estimate of drug-likeness (QED) is 0.928. The van der Waals surface area contributed by atoms with Crippen molar-refractivity contribution in [3.05, 3.63) is 10.9 Å². The van der Waals surface area contributed by atoms with Gasteiger partial charge in [0.15, 0.2) is 0 Å². The van der Waals surface area contributed by atoms with Crippen molar-refractivity contribution in [1.82, 2.24) is 9.97 Å². The lowest BCUT2D eigenvalue weighted by atomic mass is 10.1. The Labute approximate surface area is 130 Å². The van der Waals surface area contributed by atoms with E-state index in [0.717, 1.165) is 17.2 Å². The van der Waals surface area contributed by atoms with Gasteiger partial charge in [-0.3, -0.25) is 0 Å². The molecule has 21 heavy (non-hydrogen) atoms. The van der Waals surface area contributed by atoms with E-state index in [-0.39, 0.29) is 0 Å². The van der Waals surface area contributed by atoms with Crippen LogP contribution in [0.15, 0.2) is 6.07 Å². The molecule has 114 valence electrons. The molecule has 0 radical (unpaired) electrons. The summed E-state index contributed by atoms with van der Waals surface area (Å²) in [5.74, 6) is 2.05. The fourth-order valence-corrected chi connectivity index (χ4v) is 4.16. The summed E-state index contributed by atoms with van der Waals surface area (Å²) in [6, 6.07) is 2.81. The van der Waals surface area contributed by atoms with Gasteiger partial charge in [0.2, 0.25) is 5.95 Å². The van der Waals surface area contributed by atoms with Gasteiger partial charge in [0.05, 0.1) is 5.39 Å². The third-order valence-corrected chi connectivity index (χ3v) is 5.06. The number of anilines is 2. The highest BCUT2D eigenvalue weighted by molar-refractivity contribution is 7.18. The normalized spacial score (nSPS) is 16.2. The van der Waals surface area contributed by atoms with Crippen molar-refractivity contribution in [1.29, 1.82) is 0 Å². The van der Waals surface area contributed by atoms with Crippen molar-refractivity contribution in [3.63, 3.8) is 0 Å². The molecule has 1 saturated carbocycles. The second kappa shape index (κ2) is 5.79. The number of rotatable bonds is 4. The minimum Gasteiger partial charge on any atom is -0.368 e. The largest absolute Gasteiger partial charge is 0.368 e. The summed E-state index contributed by atoms with van der Waals surface area (Å²) in [4.78, 5) is 13.8. The van der Waals surface area contributed by atoms with E-state index in [9.17, 15) is 0 Å². The minimum atomic E-state index is 0.395. The molecule has 3 rings (SSSR count). The number of thiophene rings is 1. The molecule has 2 aromatic rings. The minimum absolute atomic E-state index is 0.395. The third kappa shape index (κ3) is 2.98. The van der Waals surface area contributed by atoms with Crippen LogP contribution < -0.4 is 10.6 Å². The molecule has 5 heteroatoms. The molecule has 0 bridgehead atoms. The van der Waals surface area contributed by atoms with Gasteiger partial charge in [-0.25, -0.2) is 4.98 Å². The first-order chi connectivity index (χ1) is 10.0. The third-order valence-electron chi connectivity index (χ3n) is 4.11. The molecule has 0 aliphatic heterocycles.